The fraction of sp³-hybridized carbons (Fsp3) is 0.0500. The molecular formula is C20H14O2Se. The van der Waals surface area contributed by atoms with Gasteiger partial charge in [-0.15, -0.1) is 0 Å². The van der Waals surface area contributed by atoms with Crippen LogP contribution < -0.4 is 8.92 Å². The number of hydrogen-bond donors (Lipinski definition) is 1. The molecule has 0 aromatic heterocycles. The van der Waals surface area contributed by atoms with Gasteiger partial charge in [-0.3, -0.25) is 0 Å². The number of carboxylic acid groups (broad SMARTS) is 1. The van der Waals surface area contributed by atoms with Gasteiger partial charge in [0.15, 0.2) is 0 Å². The van der Waals surface area contributed by atoms with Crippen LogP contribution in [0.25, 0.3) is 0 Å². The zero-order chi connectivity index (χ0) is 15.9. The molecule has 0 radical (unpaired) electrons. The number of carboxylic acids is 1. The van der Waals surface area contributed by atoms with Crippen LogP contribution in [-0.4, -0.2) is 26.0 Å². The van der Waals surface area contributed by atoms with Gasteiger partial charge in [-0.25, -0.2) is 0 Å². The number of carbonyl (C=O) groups is 1. The molecule has 0 spiro atoms. The second-order valence-corrected chi connectivity index (χ2v) is 7.79. The fourth-order valence-electron chi connectivity index (χ4n) is 3.35. The van der Waals surface area contributed by atoms with Crippen molar-refractivity contribution in [2.45, 2.75) is 5.41 Å². The van der Waals surface area contributed by atoms with Gasteiger partial charge in [0.1, 0.15) is 0 Å². The summed E-state index contributed by atoms with van der Waals surface area (Å²) in [4.78, 5) is 12.6. The average Bonchev–Trinajstić information content (AvgIpc) is 2.60. The summed E-state index contributed by atoms with van der Waals surface area (Å²) in [7, 11) is 0. The summed E-state index contributed by atoms with van der Waals surface area (Å²) in [6.07, 6.45) is 0. The van der Waals surface area contributed by atoms with E-state index in [2.05, 4.69) is 12.1 Å². The van der Waals surface area contributed by atoms with Crippen molar-refractivity contribution in [3.05, 3.63) is 95.6 Å². The van der Waals surface area contributed by atoms with Crippen LogP contribution in [0, 0.1) is 0 Å². The minimum absolute atomic E-state index is 0.126. The maximum atomic E-state index is 12.6. The van der Waals surface area contributed by atoms with Gasteiger partial charge in [-0.2, -0.15) is 0 Å². The summed E-state index contributed by atoms with van der Waals surface area (Å²) in [6, 6.07) is 25.5. The topological polar surface area (TPSA) is 37.3 Å². The first-order valence-corrected chi connectivity index (χ1v) is 9.11. The average molecular weight is 365 g/mol. The van der Waals surface area contributed by atoms with Crippen molar-refractivity contribution in [1.82, 2.24) is 0 Å². The molecule has 2 nitrogen and oxygen atoms in total. The Morgan fingerprint density at radius 2 is 1.22 bits per heavy atom. The minimum atomic E-state index is -1.13. The number of fused-ring (bicyclic) bond motifs is 2. The molecule has 1 N–H and O–H groups in total. The van der Waals surface area contributed by atoms with E-state index in [1.807, 2.05) is 66.7 Å². The first kappa shape index (κ1) is 14.3. The van der Waals surface area contributed by atoms with E-state index in [0.717, 1.165) is 25.6 Å². The van der Waals surface area contributed by atoms with E-state index < -0.39 is 11.4 Å². The molecule has 0 atom stereocenters. The monoisotopic (exact) mass is 366 g/mol. The number of benzene rings is 3. The Bertz CT molecular complexity index is 841. The number of hydrogen-bond acceptors (Lipinski definition) is 1. The Morgan fingerprint density at radius 3 is 1.74 bits per heavy atom. The molecule has 3 aromatic rings. The van der Waals surface area contributed by atoms with E-state index in [4.69, 9.17) is 0 Å². The van der Waals surface area contributed by atoms with Crippen LogP contribution in [0.3, 0.4) is 0 Å². The van der Waals surface area contributed by atoms with Crippen molar-refractivity contribution < 1.29 is 9.90 Å². The van der Waals surface area contributed by atoms with Crippen molar-refractivity contribution in [2.75, 3.05) is 0 Å². The Labute approximate surface area is 141 Å². The quantitative estimate of drug-likeness (QED) is 0.706. The predicted molar refractivity (Wildman–Crippen MR) is 91.9 cm³/mol. The Hall–Kier alpha value is -2.35. The van der Waals surface area contributed by atoms with Crippen LogP contribution in [-0.2, 0) is 10.2 Å². The molecular weight excluding hydrogens is 351 g/mol. The summed E-state index contributed by atoms with van der Waals surface area (Å²) in [5.74, 6) is -0.820. The third-order valence-electron chi connectivity index (χ3n) is 4.33. The maximum absolute atomic E-state index is 12.6. The van der Waals surface area contributed by atoms with E-state index >= 15 is 0 Å². The Morgan fingerprint density at radius 1 is 0.739 bits per heavy atom. The van der Waals surface area contributed by atoms with Crippen molar-refractivity contribution >= 4 is 29.8 Å². The molecule has 1 heterocycles. The van der Waals surface area contributed by atoms with E-state index in [0.29, 0.717) is 0 Å². The van der Waals surface area contributed by atoms with Crippen LogP contribution in [0.15, 0.2) is 78.9 Å². The molecule has 3 heteroatoms. The molecule has 112 valence electrons. The van der Waals surface area contributed by atoms with Gasteiger partial charge >= 0.3 is 141 Å². The first-order valence-electron chi connectivity index (χ1n) is 7.40. The Kier molecular flexibility index (Phi) is 3.33. The molecule has 3 aromatic carbocycles. The first-order chi connectivity index (χ1) is 11.2. The zero-order valence-corrected chi connectivity index (χ0v) is 14.0. The molecule has 0 aliphatic carbocycles. The van der Waals surface area contributed by atoms with Crippen LogP contribution in [0.4, 0.5) is 0 Å². The van der Waals surface area contributed by atoms with Gasteiger partial charge in [-0.1, -0.05) is 0 Å². The van der Waals surface area contributed by atoms with Crippen LogP contribution in [0.1, 0.15) is 16.7 Å². The Balaban J connectivity index is 2.15. The predicted octanol–water partition coefficient (Wildman–Crippen LogP) is 2.07. The fourth-order valence-corrected chi connectivity index (χ4v) is 5.85. The molecule has 0 saturated heterocycles. The van der Waals surface area contributed by atoms with Gasteiger partial charge in [0.2, 0.25) is 0 Å². The van der Waals surface area contributed by atoms with Gasteiger partial charge < -0.3 is 0 Å². The SMILES string of the molecule is O=C(O)C1(c2ccccc2)c2ccccc2[Se]c2ccccc21. The molecule has 0 unspecified atom stereocenters. The second kappa shape index (κ2) is 5.38. The van der Waals surface area contributed by atoms with Crippen molar-refractivity contribution in [1.29, 1.82) is 0 Å². The molecule has 0 fully saturated rings. The van der Waals surface area contributed by atoms with Crippen LogP contribution >= 0.6 is 0 Å². The second-order valence-electron chi connectivity index (χ2n) is 5.52. The molecule has 23 heavy (non-hydrogen) atoms. The number of rotatable bonds is 2. The zero-order valence-electron chi connectivity index (χ0n) is 12.3. The van der Waals surface area contributed by atoms with Crippen LogP contribution in [0.2, 0.25) is 0 Å². The van der Waals surface area contributed by atoms with Gasteiger partial charge in [0.25, 0.3) is 0 Å². The summed E-state index contributed by atoms with van der Waals surface area (Å²) in [6.45, 7) is 0. The standard InChI is InChI=1S/C20H14O2Se/c21-19(22)20(14-8-2-1-3-9-14)15-10-4-6-12-17(15)23-18-13-7-5-11-16(18)20/h1-13H,(H,21,22). The van der Waals surface area contributed by atoms with E-state index in [9.17, 15) is 9.90 Å². The van der Waals surface area contributed by atoms with Crippen molar-refractivity contribution in [3.8, 4) is 0 Å². The third-order valence-corrected chi connectivity index (χ3v) is 6.75. The summed E-state index contributed by atoms with van der Waals surface area (Å²) in [5, 5.41) is 10.3. The van der Waals surface area contributed by atoms with E-state index in [1.54, 1.807) is 0 Å². The van der Waals surface area contributed by atoms with Gasteiger partial charge in [0.05, 0.1) is 0 Å². The third kappa shape index (κ3) is 1.98. The molecule has 1 aliphatic rings. The summed E-state index contributed by atoms with van der Waals surface area (Å²) in [5.41, 5.74) is 1.48. The molecule has 0 amide bonds. The normalized spacial score (nSPS) is 14.6. The van der Waals surface area contributed by atoms with Crippen molar-refractivity contribution in [3.63, 3.8) is 0 Å². The van der Waals surface area contributed by atoms with Gasteiger partial charge in [0, 0.05) is 0 Å². The van der Waals surface area contributed by atoms with Gasteiger partial charge in [-0.05, 0) is 0 Å². The summed E-state index contributed by atoms with van der Waals surface area (Å²) >= 11 is 0.126. The van der Waals surface area contributed by atoms with Crippen LogP contribution in [0.5, 0.6) is 0 Å². The molecule has 1 aliphatic heterocycles. The van der Waals surface area contributed by atoms with E-state index in [1.165, 1.54) is 0 Å². The molecule has 0 saturated carbocycles. The van der Waals surface area contributed by atoms with Crippen molar-refractivity contribution in [2.24, 2.45) is 0 Å². The number of aliphatic carboxylic acids is 1. The van der Waals surface area contributed by atoms with E-state index in [-0.39, 0.29) is 15.0 Å². The molecule has 0 bridgehead atoms. The molecule has 4 rings (SSSR count). The summed E-state index contributed by atoms with van der Waals surface area (Å²) < 4.78 is 2.29.